The van der Waals surface area contributed by atoms with E-state index in [1.807, 2.05) is 42.5 Å². The quantitative estimate of drug-likeness (QED) is 0.719. The standard InChI is InChI=1S/C16H12BrN3O2/c1-22-16(21)14-15(18-11-8-6-10(17)7-9-11)20-13-5-3-2-4-12(13)19-14/h2-9H,1H3,(H,18,20). The number of carbonyl (C=O) groups excluding carboxylic acids is 1. The highest BCUT2D eigenvalue weighted by Crippen LogP contribution is 2.23. The summed E-state index contributed by atoms with van der Waals surface area (Å²) in [5.74, 6) is -0.161. The molecule has 0 radical (unpaired) electrons. The van der Waals surface area contributed by atoms with Crippen molar-refractivity contribution < 1.29 is 9.53 Å². The number of fused-ring (bicyclic) bond motifs is 1. The van der Waals surface area contributed by atoms with E-state index in [0.29, 0.717) is 16.9 Å². The first-order valence-corrected chi connectivity index (χ1v) is 7.34. The van der Waals surface area contributed by atoms with E-state index in [1.165, 1.54) is 7.11 Å². The van der Waals surface area contributed by atoms with Gasteiger partial charge in [-0.1, -0.05) is 28.1 Å². The van der Waals surface area contributed by atoms with Crippen molar-refractivity contribution in [2.24, 2.45) is 0 Å². The van der Waals surface area contributed by atoms with Crippen LogP contribution in [0.1, 0.15) is 10.5 Å². The van der Waals surface area contributed by atoms with Crippen LogP contribution in [0, 0.1) is 0 Å². The third kappa shape index (κ3) is 2.92. The summed E-state index contributed by atoms with van der Waals surface area (Å²) >= 11 is 3.38. The smallest absolute Gasteiger partial charge is 0.360 e. The van der Waals surface area contributed by atoms with Gasteiger partial charge in [-0.2, -0.15) is 0 Å². The molecule has 3 rings (SSSR count). The number of esters is 1. The maximum absolute atomic E-state index is 12.0. The number of carbonyl (C=O) groups is 1. The fourth-order valence-electron chi connectivity index (χ4n) is 2.00. The van der Waals surface area contributed by atoms with E-state index in [9.17, 15) is 4.79 Å². The van der Waals surface area contributed by atoms with Gasteiger partial charge in [-0.3, -0.25) is 0 Å². The van der Waals surface area contributed by atoms with Crippen LogP contribution in [-0.2, 0) is 4.74 Å². The van der Waals surface area contributed by atoms with Gasteiger partial charge in [0.25, 0.3) is 0 Å². The SMILES string of the molecule is COC(=O)c1nc2ccccc2nc1Nc1ccc(Br)cc1. The minimum atomic E-state index is -0.530. The van der Waals surface area contributed by atoms with Gasteiger partial charge in [-0.25, -0.2) is 14.8 Å². The Hall–Kier alpha value is -2.47. The van der Waals surface area contributed by atoms with Gasteiger partial charge < -0.3 is 10.1 Å². The molecule has 0 aliphatic heterocycles. The molecule has 2 aromatic carbocycles. The topological polar surface area (TPSA) is 64.1 Å². The number of nitrogens with zero attached hydrogens (tertiary/aromatic N) is 2. The number of hydrogen-bond donors (Lipinski definition) is 1. The molecule has 0 unspecified atom stereocenters. The Morgan fingerprint density at radius 1 is 1.05 bits per heavy atom. The second-order valence-corrected chi connectivity index (χ2v) is 5.45. The molecule has 5 nitrogen and oxygen atoms in total. The number of benzene rings is 2. The molecule has 22 heavy (non-hydrogen) atoms. The van der Waals surface area contributed by atoms with E-state index < -0.39 is 5.97 Å². The first-order valence-electron chi connectivity index (χ1n) is 6.55. The molecule has 0 spiro atoms. The van der Waals surface area contributed by atoms with Gasteiger partial charge in [0.2, 0.25) is 0 Å². The van der Waals surface area contributed by atoms with Crippen molar-refractivity contribution in [1.29, 1.82) is 0 Å². The van der Waals surface area contributed by atoms with Crippen LogP contribution in [0.4, 0.5) is 11.5 Å². The maximum Gasteiger partial charge on any atom is 0.360 e. The molecule has 0 fully saturated rings. The number of para-hydroxylation sites is 2. The summed E-state index contributed by atoms with van der Waals surface area (Å²) in [5.41, 5.74) is 2.31. The number of aromatic nitrogens is 2. The van der Waals surface area contributed by atoms with Crippen LogP contribution in [0.2, 0.25) is 0 Å². The Bertz CT molecular complexity index is 834. The molecule has 0 saturated heterocycles. The first kappa shape index (κ1) is 14.5. The highest BCUT2D eigenvalue weighted by molar-refractivity contribution is 9.10. The van der Waals surface area contributed by atoms with Crippen molar-refractivity contribution in [3.63, 3.8) is 0 Å². The normalized spacial score (nSPS) is 10.5. The molecule has 1 aromatic heterocycles. The molecule has 0 aliphatic rings. The number of rotatable bonds is 3. The Morgan fingerprint density at radius 3 is 2.32 bits per heavy atom. The molecule has 1 N–H and O–H groups in total. The molecule has 0 atom stereocenters. The molecule has 0 amide bonds. The third-order valence-electron chi connectivity index (χ3n) is 3.06. The van der Waals surface area contributed by atoms with E-state index >= 15 is 0 Å². The van der Waals surface area contributed by atoms with E-state index in [-0.39, 0.29) is 5.69 Å². The molecule has 3 aromatic rings. The summed E-state index contributed by atoms with van der Waals surface area (Å²) in [6.07, 6.45) is 0. The number of nitrogens with one attached hydrogen (secondary N) is 1. The van der Waals surface area contributed by atoms with Gasteiger partial charge in [0.05, 0.1) is 18.1 Å². The van der Waals surface area contributed by atoms with Gasteiger partial charge in [0, 0.05) is 10.2 Å². The van der Waals surface area contributed by atoms with Crippen LogP contribution in [0.5, 0.6) is 0 Å². The zero-order valence-corrected chi connectivity index (χ0v) is 13.3. The van der Waals surface area contributed by atoms with E-state index in [4.69, 9.17) is 4.74 Å². The van der Waals surface area contributed by atoms with Gasteiger partial charge in [-0.05, 0) is 36.4 Å². The van der Waals surface area contributed by atoms with Crippen LogP contribution in [-0.4, -0.2) is 23.0 Å². The molecule has 0 bridgehead atoms. The lowest BCUT2D eigenvalue weighted by molar-refractivity contribution is 0.0595. The molecular weight excluding hydrogens is 346 g/mol. The van der Waals surface area contributed by atoms with Crippen molar-refractivity contribution in [2.45, 2.75) is 0 Å². The number of halogens is 1. The van der Waals surface area contributed by atoms with Crippen LogP contribution in [0.25, 0.3) is 11.0 Å². The van der Waals surface area contributed by atoms with Crippen LogP contribution in [0.15, 0.2) is 53.0 Å². The largest absolute Gasteiger partial charge is 0.464 e. The summed E-state index contributed by atoms with van der Waals surface area (Å²) < 4.78 is 5.76. The monoisotopic (exact) mass is 357 g/mol. The predicted molar refractivity (Wildman–Crippen MR) is 88.3 cm³/mol. The zero-order valence-electron chi connectivity index (χ0n) is 11.7. The van der Waals surface area contributed by atoms with Crippen LogP contribution < -0.4 is 5.32 Å². The second-order valence-electron chi connectivity index (χ2n) is 4.53. The van der Waals surface area contributed by atoms with Crippen LogP contribution >= 0.6 is 15.9 Å². The minimum absolute atomic E-state index is 0.157. The second kappa shape index (κ2) is 6.11. The molecule has 0 aliphatic carbocycles. The number of methoxy groups -OCH3 is 1. The number of anilines is 2. The number of hydrogen-bond acceptors (Lipinski definition) is 5. The third-order valence-corrected chi connectivity index (χ3v) is 3.58. The molecular formula is C16H12BrN3O2. The Balaban J connectivity index is 2.09. The fraction of sp³-hybridized carbons (Fsp3) is 0.0625. The minimum Gasteiger partial charge on any atom is -0.464 e. The van der Waals surface area contributed by atoms with Crippen molar-refractivity contribution in [3.8, 4) is 0 Å². The lowest BCUT2D eigenvalue weighted by Gasteiger charge is -2.10. The molecule has 110 valence electrons. The fourth-order valence-corrected chi connectivity index (χ4v) is 2.26. The summed E-state index contributed by atoms with van der Waals surface area (Å²) in [7, 11) is 1.32. The van der Waals surface area contributed by atoms with Crippen molar-refractivity contribution in [1.82, 2.24) is 9.97 Å². The molecule has 0 saturated carbocycles. The van der Waals surface area contributed by atoms with E-state index in [2.05, 4.69) is 31.2 Å². The van der Waals surface area contributed by atoms with E-state index in [1.54, 1.807) is 6.07 Å². The highest BCUT2D eigenvalue weighted by Gasteiger charge is 2.17. The average Bonchev–Trinajstić information content (AvgIpc) is 2.55. The average molecular weight is 358 g/mol. The highest BCUT2D eigenvalue weighted by atomic mass is 79.9. The number of ether oxygens (including phenoxy) is 1. The lowest BCUT2D eigenvalue weighted by Crippen LogP contribution is -2.10. The summed E-state index contributed by atoms with van der Waals surface area (Å²) in [6.45, 7) is 0. The molecule has 1 heterocycles. The van der Waals surface area contributed by atoms with Crippen molar-refractivity contribution >= 4 is 44.4 Å². The first-order chi connectivity index (χ1) is 10.7. The van der Waals surface area contributed by atoms with E-state index in [0.717, 1.165) is 10.2 Å². The summed E-state index contributed by atoms with van der Waals surface area (Å²) in [5, 5.41) is 3.11. The van der Waals surface area contributed by atoms with Crippen molar-refractivity contribution in [2.75, 3.05) is 12.4 Å². The van der Waals surface area contributed by atoms with Gasteiger partial charge in [-0.15, -0.1) is 0 Å². The van der Waals surface area contributed by atoms with Crippen molar-refractivity contribution in [3.05, 3.63) is 58.7 Å². The Morgan fingerprint density at radius 2 is 1.68 bits per heavy atom. The maximum atomic E-state index is 12.0. The lowest BCUT2D eigenvalue weighted by atomic mass is 10.2. The zero-order chi connectivity index (χ0) is 15.5. The summed E-state index contributed by atoms with van der Waals surface area (Å²) in [6, 6.07) is 14.9. The predicted octanol–water partition coefficient (Wildman–Crippen LogP) is 3.92. The van der Waals surface area contributed by atoms with Gasteiger partial charge >= 0.3 is 5.97 Å². The summed E-state index contributed by atoms with van der Waals surface area (Å²) in [4.78, 5) is 20.8. The Labute approximate surface area is 135 Å². The van der Waals surface area contributed by atoms with Gasteiger partial charge in [0.15, 0.2) is 11.5 Å². The van der Waals surface area contributed by atoms with Gasteiger partial charge in [0.1, 0.15) is 0 Å². The Kier molecular flexibility index (Phi) is 4.02. The molecule has 6 heteroatoms. The van der Waals surface area contributed by atoms with Crippen LogP contribution in [0.3, 0.4) is 0 Å².